The molecule has 0 saturated heterocycles. The fourth-order valence-corrected chi connectivity index (χ4v) is 4.36. The summed E-state index contributed by atoms with van der Waals surface area (Å²) in [5.41, 5.74) is 5.25. The number of ether oxygens (including phenoxy) is 2. The van der Waals surface area contributed by atoms with E-state index in [1.54, 1.807) is 0 Å². The van der Waals surface area contributed by atoms with Crippen molar-refractivity contribution in [2.75, 3.05) is 30.0 Å². The zero-order valence-corrected chi connectivity index (χ0v) is 18.1. The molecule has 9 nitrogen and oxygen atoms in total. The van der Waals surface area contributed by atoms with E-state index in [1.165, 1.54) is 16.8 Å². The Morgan fingerprint density at radius 3 is 2.94 bits per heavy atom. The highest BCUT2D eigenvalue weighted by Gasteiger charge is 2.22. The van der Waals surface area contributed by atoms with Crippen LogP contribution in [0.4, 0.5) is 17.2 Å². The molecule has 0 radical (unpaired) electrons. The van der Waals surface area contributed by atoms with Crippen LogP contribution in [-0.4, -0.2) is 39.3 Å². The molecular formula is C24H22N6O3. The number of fused-ring (bicyclic) bond motifs is 3. The Morgan fingerprint density at radius 1 is 1.09 bits per heavy atom. The molecule has 5 heterocycles. The van der Waals surface area contributed by atoms with E-state index in [4.69, 9.17) is 14.5 Å². The lowest BCUT2D eigenvalue weighted by Gasteiger charge is -2.30. The Hall–Kier alpha value is -4.14. The van der Waals surface area contributed by atoms with E-state index in [2.05, 4.69) is 26.4 Å². The minimum atomic E-state index is -0.191. The molecule has 0 unspecified atom stereocenters. The lowest BCUT2D eigenvalue weighted by molar-refractivity contribution is 0.172. The van der Waals surface area contributed by atoms with Crippen LogP contribution in [-0.2, 0) is 13.0 Å². The van der Waals surface area contributed by atoms with Crippen molar-refractivity contribution in [1.29, 1.82) is 0 Å². The molecule has 6 rings (SSSR count). The summed E-state index contributed by atoms with van der Waals surface area (Å²) in [6.07, 6.45) is 4.16. The van der Waals surface area contributed by atoms with Crippen molar-refractivity contribution in [3.8, 4) is 11.5 Å². The van der Waals surface area contributed by atoms with Crippen molar-refractivity contribution in [3.63, 3.8) is 0 Å². The highest BCUT2D eigenvalue weighted by atomic mass is 16.6. The Morgan fingerprint density at radius 2 is 2.00 bits per heavy atom. The summed E-state index contributed by atoms with van der Waals surface area (Å²) in [7, 11) is 0. The second-order valence-electron chi connectivity index (χ2n) is 8.16. The van der Waals surface area contributed by atoms with E-state index in [0.29, 0.717) is 25.4 Å². The normalized spacial score (nSPS) is 14.8. The van der Waals surface area contributed by atoms with E-state index in [0.717, 1.165) is 58.5 Å². The van der Waals surface area contributed by atoms with E-state index in [9.17, 15) is 4.79 Å². The summed E-state index contributed by atoms with van der Waals surface area (Å²) in [5.74, 6) is 2.24. The minimum absolute atomic E-state index is 0.191. The molecule has 0 aliphatic carbocycles. The molecule has 3 aromatic heterocycles. The van der Waals surface area contributed by atoms with E-state index < -0.39 is 0 Å². The predicted molar refractivity (Wildman–Crippen MR) is 124 cm³/mol. The lowest BCUT2D eigenvalue weighted by Crippen LogP contribution is -2.33. The second kappa shape index (κ2) is 7.77. The zero-order valence-electron chi connectivity index (χ0n) is 18.1. The maximum atomic E-state index is 12.2. The maximum absolute atomic E-state index is 12.2. The summed E-state index contributed by atoms with van der Waals surface area (Å²) in [4.78, 5) is 23.4. The van der Waals surface area contributed by atoms with Crippen LogP contribution in [0.15, 0.2) is 53.6 Å². The van der Waals surface area contributed by atoms with Gasteiger partial charge in [-0.15, -0.1) is 5.10 Å². The topological polar surface area (TPSA) is 93.9 Å². The van der Waals surface area contributed by atoms with Crippen LogP contribution in [0, 0.1) is 6.92 Å². The number of rotatable bonds is 3. The number of nitrogens with zero attached hydrogens (tertiary/aromatic N) is 5. The van der Waals surface area contributed by atoms with Gasteiger partial charge in [0, 0.05) is 37.5 Å². The van der Waals surface area contributed by atoms with Gasteiger partial charge in [0.25, 0.3) is 5.56 Å². The van der Waals surface area contributed by atoms with Gasteiger partial charge in [0.15, 0.2) is 23.0 Å². The number of benzene rings is 1. The fourth-order valence-electron chi connectivity index (χ4n) is 4.36. The summed E-state index contributed by atoms with van der Waals surface area (Å²) in [6, 6.07) is 11.2. The number of hydrogen-bond donors (Lipinski definition) is 1. The minimum Gasteiger partial charge on any atom is -0.486 e. The fraction of sp³-hybridized carbons (Fsp3) is 0.250. The number of pyridine rings is 1. The number of aryl methyl sites for hydroxylation is 1. The zero-order chi connectivity index (χ0) is 22.4. The molecule has 2 aliphatic rings. The second-order valence-corrected chi connectivity index (χ2v) is 8.16. The van der Waals surface area contributed by atoms with Crippen LogP contribution >= 0.6 is 0 Å². The van der Waals surface area contributed by atoms with Crippen LogP contribution < -0.4 is 25.2 Å². The molecule has 33 heavy (non-hydrogen) atoms. The van der Waals surface area contributed by atoms with Gasteiger partial charge < -0.3 is 19.7 Å². The van der Waals surface area contributed by atoms with Crippen molar-refractivity contribution >= 4 is 22.8 Å². The van der Waals surface area contributed by atoms with Gasteiger partial charge in [0.2, 0.25) is 0 Å². The summed E-state index contributed by atoms with van der Waals surface area (Å²) in [5, 5.41) is 8.03. The first-order chi connectivity index (χ1) is 16.2. The van der Waals surface area contributed by atoms with Gasteiger partial charge in [-0.25, -0.2) is 4.98 Å². The van der Waals surface area contributed by atoms with Gasteiger partial charge in [-0.2, -0.15) is 4.52 Å². The highest BCUT2D eigenvalue weighted by Crippen LogP contribution is 2.39. The van der Waals surface area contributed by atoms with E-state index in [1.807, 2.05) is 37.4 Å². The first-order valence-electron chi connectivity index (χ1n) is 10.9. The smallest absolute Gasteiger partial charge is 0.274 e. The molecule has 0 atom stereocenters. The summed E-state index contributed by atoms with van der Waals surface area (Å²) >= 11 is 0. The van der Waals surface area contributed by atoms with Crippen LogP contribution in [0.2, 0.25) is 0 Å². The number of para-hydroxylation sites is 1. The van der Waals surface area contributed by atoms with E-state index >= 15 is 0 Å². The van der Waals surface area contributed by atoms with Gasteiger partial charge in [-0.3, -0.25) is 9.78 Å². The highest BCUT2D eigenvalue weighted by molar-refractivity contribution is 5.70. The Bertz CT molecular complexity index is 1430. The Labute approximate surface area is 189 Å². The third-order valence-corrected chi connectivity index (χ3v) is 5.93. The maximum Gasteiger partial charge on any atom is 0.274 e. The van der Waals surface area contributed by atoms with Gasteiger partial charge in [0.05, 0.1) is 17.6 Å². The average molecular weight is 442 g/mol. The quantitative estimate of drug-likeness (QED) is 0.518. The van der Waals surface area contributed by atoms with Gasteiger partial charge >= 0.3 is 0 Å². The standard InChI is InChI=1S/C24H22N6O3/c1-15-11-21-25-7-5-22(31)30(21)28-24(15)29-8-6-18-16(14-29)12-17(13-26-18)27-19-3-2-4-20-23(19)33-10-9-32-20/h2-5,7,11-13,27H,6,8-10,14H2,1H3. The van der Waals surface area contributed by atoms with Crippen molar-refractivity contribution in [2.24, 2.45) is 0 Å². The molecule has 1 aromatic carbocycles. The van der Waals surface area contributed by atoms with Crippen LogP contribution in [0.1, 0.15) is 16.8 Å². The first-order valence-corrected chi connectivity index (χ1v) is 10.9. The van der Waals surface area contributed by atoms with Crippen LogP contribution in [0.3, 0.4) is 0 Å². The Kier molecular flexibility index (Phi) is 4.60. The molecular weight excluding hydrogens is 420 g/mol. The molecule has 1 N–H and O–H groups in total. The summed E-state index contributed by atoms with van der Waals surface area (Å²) < 4.78 is 12.9. The van der Waals surface area contributed by atoms with Gasteiger partial charge in [0.1, 0.15) is 13.2 Å². The third kappa shape index (κ3) is 3.51. The molecule has 166 valence electrons. The molecule has 9 heteroatoms. The van der Waals surface area contributed by atoms with Crippen LogP contribution in [0.5, 0.6) is 11.5 Å². The number of nitrogens with one attached hydrogen (secondary N) is 1. The number of anilines is 3. The van der Waals surface area contributed by atoms with Crippen molar-refractivity contribution in [2.45, 2.75) is 19.9 Å². The van der Waals surface area contributed by atoms with Gasteiger partial charge in [-0.05, 0) is 42.3 Å². The van der Waals surface area contributed by atoms with E-state index in [-0.39, 0.29) is 5.56 Å². The number of aromatic nitrogens is 4. The SMILES string of the molecule is Cc1cc2nccc(=O)n2nc1N1CCc2ncc(Nc3cccc4c3OCCO4)cc2C1. The predicted octanol–water partition coefficient (Wildman–Crippen LogP) is 2.87. The molecule has 0 bridgehead atoms. The lowest BCUT2D eigenvalue weighted by atomic mass is 10.0. The first kappa shape index (κ1) is 19.5. The molecule has 4 aromatic rings. The summed E-state index contributed by atoms with van der Waals surface area (Å²) in [6.45, 7) is 4.50. The molecule has 0 saturated carbocycles. The average Bonchev–Trinajstić information content (AvgIpc) is 2.84. The largest absolute Gasteiger partial charge is 0.486 e. The molecule has 0 amide bonds. The Balaban J connectivity index is 1.30. The van der Waals surface area contributed by atoms with Crippen LogP contribution in [0.25, 0.3) is 5.65 Å². The monoisotopic (exact) mass is 442 g/mol. The molecule has 2 aliphatic heterocycles. The van der Waals surface area contributed by atoms with Crippen molar-refractivity contribution in [1.82, 2.24) is 19.6 Å². The number of hydrogen-bond acceptors (Lipinski definition) is 8. The third-order valence-electron chi connectivity index (χ3n) is 5.93. The van der Waals surface area contributed by atoms with Crippen molar-refractivity contribution in [3.05, 3.63) is 76.0 Å². The molecule has 0 spiro atoms. The van der Waals surface area contributed by atoms with Gasteiger partial charge in [-0.1, -0.05) is 6.07 Å². The van der Waals surface area contributed by atoms with Crippen molar-refractivity contribution < 1.29 is 9.47 Å². The molecule has 0 fully saturated rings.